The number of rotatable bonds is 13. The average Bonchev–Trinajstić information content (AvgIpc) is 3.83. The monoisotopic (exact) mass is 566 g/mol. The summed E-state index contributed by atoms with van der Waals surface area (Å²) in [4.78, 5) is 31.1. The number of nitrogens with one attached hydrogen (secondary N) is 1. The van der Waals surface area contributed by atoms with E-state index in [0.29, 0.717) is 26.3 Å². The van der Waals surface area contributed by atoms with Gasteiger partial charge in [-0.05, 0) is 79.5 Å². The lowest BCUT2D eigenvalue weighted by molar-refractivity contribution is -0.138. The summed E-state index contributed by atoms with van der Waals surface area (Å²) in [6, 6.07) is 10.5. The number of aryl methyl sites for hydroxylation is 2. The molecule has 0 spiro atoms. The van der Waals surface area contributed by atoms with Crippen molar-refractivity contribution < 1.29 is 19.0 Å². The van der Waals surface area contributed by atoms with Crippen LogP contribution in [-0.2, 0) is 34.3 Å². The van der Waals surface area contributed by atoms with E-state index >= 15 is 0 Å². The van der Waals surface area contributed by atoms with Crippen LogP contribution in [0, 0.1) is 5.92 Å². The van der Waals surface area contributed by atoms with E-state index in [-0.39, 0.29) is 29.3 Å². The first-order valence-corrected chi connectivity index (χ1v) is 15.2. The van der Waals surface area contributed by atoms with Crippen molar-refractivity contribution in [1.29, 1.82) is 0 Å². The minimum atomic E-state index is -0.189. The molecule has 9 nitrogen and oxygen atoms in total. The Hall–Kier alpha value is -2.72. The van der Waals surface area contributed by atoms with E-state index in [0.717, 1.165) is 88.4 Å². The number of amides is 1. The number of hydrogen-bond donors (Lipinski definition) is 1. The van der Waals surface area contributed by atoms with E-state index in [1.165, 1.54) is 5.56 Å². The number of piperidine rings is 1. The predicted molar refractivity (Wildman–Crippen MR) is 158 cm³/mol. The maximum atomic E-state index is 14.2. The van der Waals surface area contributed by atoms with Gasteiger partial charge in [0.05, 0.1) is 19.1 Å². The van der Waals surface area contributed by atoms with Crippen molar-refractivity contribution in [1.82, 2.24) is 19.7 Å². The Morgan fingerprint density at radius 1 is 1.10 bits per heavy atom. The molecular formula is C32H46N4O5. The van der Waals surface area contributed by atoms with Gasteiger partial charge in [-0.2, -0.15) is 0 Å². The standard InChI is InChI=1S/C32H46N4O5/c1-34-10-8-26(21-31(34)37)29-7-9-33-22-30(29)32(38)36(27-5-6-27)23-25-18-24(4-3-14-39-2)19-28(20-25)41-17-13-35-11-15-40-16-12-35/h8,10,18-21,27,29-30,33H,3-7,9,11-17,22-23H2,1-2H3/t29?,30-/m0/s1. The summed E-state index contributed by atoms with van der Waals surface area (Å²) in [5.74, 6) is 0.901. The van der Waals surface area contributed by atoms with Gasteiger partial charge in [0.25, 0.3) is 5.56 Å². The lowest BCUT2D eigenvalue weighted by Gasteiger charge is -2.36. The fourth-order valence-electron chi connectivity index (χ4n) is 6.08. The number of carbonyl (C=O) groups excluding carboxylic acids is 1. The Morgan fingerprint density at radius 3 is 2.66 bits per heavy atom. The molecule has 1 aliphatic carbocycles. The summed E-state index contributed by atoms with van der Waals surface area (Å²) < 4.78 is 18.6. The smallest absolute Gasteiger partial charge is 0.250 e. The predicted octanol–water partition coefficient (Wildman–Crippen LogP) is 2.56. The number of benzene rings is 1. The van der Waals surface area contributed by atoms with Crippen LogP contribution >= 0.6 is 0 Å². The maximum absolute atomic E-state index is 14.2. The molecular weight excluding hydrogens is 520 g/mol. The molecule has 3 heterocycles. The minimum absolute atomic E-state index is 0.0299. The highest BCUT2D eigenvalue weighted by atomic mass is 16.5. The zero-order valence-corrected chi connectivity index (χ0v) is 24.7. The second-order valence-corrected chi connectivity index (χ2v) is 11.7. The number of pyridine rings is 1. The van der Waals surface area contributed by atoms with Crippen LogP contribution in [-0.4, -0.2) is 92.6 Å². The third-order valence-corrected chi connectivity index (χ3v) is 8.60. The Bertz CT molecular complexity index is 1210. The van der Waals surface area contributed by atoms with Gasteiger partial charge in [0.15, 0.2) is 0 Å². The lowest BCUT2D eigenvalue weighted by Crippen LogP contribution is -2.47. The number of carbonyl (C=O) groups is 1. The number of morpholine rings is 1. The lowest BCUT2D eigenvalue weighted by atomic mass is 9.80. The number of aromatic nitrogens is 1. The Labute approximate surface area is 243 Å². The summed E-state index contributed by atoms with van der Waals surface area (Å²) in [6.45, 7) is 7.71. The van der Waals surface area contributed by atoms with Crippen LogP contribution < -0.4 is 15.6 Å². The molecule has 9 heteroatoms. The van der Waals surface area contributed by atoms with Gasteiger partial charge in [0.1, 0.15) is 12.4 Å². The van der Waals surface area contributed by atoms with Crippen LogP contribution in [0.5, 0.6) is 5.75 Å². The van der Waals surface area contributed by atoms with Crippen molar-refractivity contribution in [3.05, 3.63) is 63.6 Å². The fraction of sp³-hybridized carbons (Fsp3) is 0.625. The molecule has 0 bridgehead atoms. The molecule has 1 aromatic carbocycles. The molecule has 1 unspecified atom stereocenters. The summed E-state index contributed by atoms with van der Waals surface area (Å²) in [6.07, 6.45) is 6.58. The highest BCUT2D eigenvalue weighted by molar-refractivity contribution is 5.81. The Kier molecular flexibility index (Phi) is 10.5. The minimum Gasteiger partial charge on any atom is -0.492 e. The van der Waals surface area contributed by atoms with Gasteiger partial charge < -0.3 is 29.0 Å². The highest BCUT2D eigenvalue weighted by Crippen LogP contribution is 2.36. The van der Waals surface area contributed by atoms with E-state index in [1.807, 2.05) is 12.3 Å². The SMILES string of the molecule is COCCCc1cc(CN(C(=O)[C@H]2CNCCC2c2ccn(C)c(=O)c2)C2CC2)cc(OCCN2CCOCC2)c1. The molecule has 3 aliphatic rings. The third kappa shape index (κ3) is 8.19. The van der Waals surface area contributed by atoms with Crippen LogP contribution in [0.4, 0.5) is 0 Å². The molecule has 2 aromatic rings. The summed E-state index contributed by atoms with van der Waals surface area (Å²) >= 11 is 0. The molecule has 3 fully saturated rings. The van der Waals surface area contributed by atoms with E-state index in [1.54, 1.807) is 24.8 Å². The third-order valence-electron chi connectivity index (χ3n) is 8.60. The quantitative estimate of drug-likeness (QED) is 0.373. The maximum Gasteiger partial charge on any atom is 0.250 e. The number of methoxy groups -OCH3 is 1. The molecule has 1 N–H and O–H groups in total. The Balaban J connectivity index is 1.32. The number of ether oxygens (including phenoxy) is 3. The molecule has 2 saturated heterocycles. The van der Waals surface area contributed by atoms with Crippen LogP contribution in [0.2, 0.25) is 0 Å². The average molecular weight is 567 g/mol. The van der Waals surface area contributed by atoms with Gasteiger partial charge in [-0.3, -0.25) is 14.5 Å². The molecule has 2 atom stereocenters. The highest BCUT2D eigenvalue weighted by Gasteiger charge is 2.40. The molecule has 0 radical (unpaired) electrons. The van der Waals surface area contributed by atoms with Crippen LogP contribution in [0.1, 0.15) is 48.3 Å². The van der Waals surface area contributed by atoms with E-state index < -0.39 is 0 Å². The van der Waals surface area contributed by atoms with Gasteiger partial charge in [-0.15, -0.1) is 0 Å². The number of hydrogen-bond acceptors (Lipinski definition) is 7. The second kappa shape index (κ2) is 14.4. The van der Waals surface area contributed by atoms with Crippen LogP contribution in [0.15, 0.2) is 41.3 Å². The first-order chi connectivity index (χ1) is 20.0. The van der Waals surface area contributed by atoms with E-state index in [2.05, 4.69) is 33.3 Å². The van der Waals surface area contributed by atoms with Gasteiger partial charge >= 0.3 is 0 Å². The normalized spacial score (nSPS) is 21.5. The van der Waals surface area contributed by atoms with E-state index in [4.69, 9.17) is 14.2 Å². The largest absolute Gasteiger partial charge is 0.492 e. The van der Waals surface area contributed by atoms with Crippen molar-refractivity contribution >= 4 is 5.91 Å². The van der Waals surface area contributed by atoms with Crippen molar-refractivity contribution in [3.8, 4) is 5.75 Å². The molecule has 41 heavy (non-hydrogen) atoms. The topological polar surface area (TPSA) is 85.3 Å². The van der Waals surface area contributed by atoms with Gasteiger partial charge in [0, 0.05) is 71.8 Å². The van der Waals surface area contributed by atoms with Gasteiger partial charge in [0.2, 0.25) is 5.91 Å². The van der Waals surface area contributed by atoms with Crippen LogP contribution in [0.25, 0.3) is 0 Å². The first-order valence-electron chi connectivity index (χ1n) is 15.2. The van der Waals surface area contributed by atoms with Crippen molar-refractivity contribution in [3.63, 3.8) is 0 Å². The summed E-state index contributed by atoms with van der Waals surface area (Å²) in [7, 11) is 3.49. The zero-order valence-electron chi connectivity index (χ0n) is 24.7. The Morgan fingerprint density at radius 2 is 1.90 bits per heavy atom. The number of nitrogens with zero attached hydrogens (tertiary/aromatic N) is 3. The molecule has 224 valence electrons. The molecule has 2 aliphatic heterocycles. The summed E-state index contributed by atoms with van der Waals surface area (Å²) in [5.41, 5.74) is 3.26. The summed E-state index contributed by atoms with van der Waals surface area (Å²) in [5, 5.41) is 3.44. The zero-order chi connectivity index (χ0) is 28.6. The van der Waals surface area contributed by atoms with Crippen molar-refractivity contribution in [2.75, 3.05) is 66.3 Å². The molecule has 1 aromatic heterocycles. The van der Waals surface area contributed by atoms with E-state index in [9.17, 15) is 9.59 Å². The van der Waals surface area contributed by atoms with Crippen molar-refractivity contribution in [2.24, 2.45) is 13.0 Å². The molecule has 1 amide bonds. The second-order valence-electron chi connectivity index (χ2n) is 11.7. The van der Waals surface area contributed by atoms with Crippen molar-refractivity contribution in [2.45, 2.75) is 50.6 Å². The van der Waals surface area contributed by atoms with Gasteiger partial charge in [-0.1, -0.05) is 6.07 Å². The molecule has 1 saturated carbocycles. The fourth-order valence-corrected chi connectivity index (χ4v) is 6.08. The molecule has 5 rings (SSSR count). The van der Waals surface area contributed by atoms with Crippen LogP contribution in [0.3, 0.4) is 0 Å². The first kappa shape index (κ1) is 29.8. The van der Waals surface area contributed by atoms with Gasteiger partial charge in [-0.25, -0.2) is 0 Å².